The summed E-state index contributed by atoms with van der Waals surface area (Å²) >= 11 is 6.50. The van der Waals surface area contributed by atoms with Gasteiger partial charge in [0.05, 0.1) is 30.6 Å². The number of nitrogens with zero attached hydrogens (tertiary/aromatic N) is 6. The molecule has 1 amide bonds. The molecule has 3 saturated heterocycles. The van der Waals surface area contributed by atoms with E-state index in [1.165, 1.54) is 31.5 Å². The number of aromatic nitrogens is 2. The summed E-state index contributed by atoms with van der Waals surface area (Å²) in [5, 5.41) is 10.4. The van der Waals surface area contributed by atoms with Gasteiger partial charge < -0.3 is 44.7 Å². The van der Waals surface area contributed by atoms with Crippen molar-refractivity contribution in [1.82, 2.24) is 25.1 Å². The van der Waals surface area contributed by atoms with E-state index in [0.29, 0.717) is 47.1 Å². The summed E-state index contributed by atoms with van der Waals surface area (Å²) in [4.78, 5) is 42.8. The summed E-state index contributed by atoms with van der Waals surface area (Å²) in [6.45, 7) is 13.4. The number of nitrogens with one attached hydrogen (secondary N) is 3. The van der Waals surface area contributed by atoms with Crippen molar-refractivity contribution in [3.63, 3.8) is 0 Å². The lowest BCUT2D eigenvalue weighted by Gasteiger charge is -2.43. The quantitative estimate of drug-likeness (QED) is 0.0713. The van der Waals surface area contributed by atoms with Gasteiger partial charge in [0.25, 0.3) is 0 Å². The second kappa shape index (κ2) is 21.1. The maximum Gasteiger partial charge on any atom is 0.229 e. The van der Waals surface area contributed by atoms with Gasteiger partial charge in [0.2, 0.25) is 11.9 Å². The van der Waals surface area contributed by atoms with Gasteiger partial charge in [0.15, 0.2) is 5.82 Å². The van der Waals surface area contributed by atoms with Gasteiger partial charge in [-0.05, 0) is 106 Å². The number of amides is 1. The summed E-state index contributed by atoms with van der Waals surface area (Å²) in [6.07, 6.45) is 9.31. The van der Waals surface area contributed by atoms with Gasteiger partial charge >= 0.3 is 0 Å². The monoisotopic (exact) mass is 883 g/mol. The molecule has 0 spiro atoms. The summed E-state index contributed by atoms with van der Waals surface area (Å²) in [6, 6.07) is 22.7. The maximum atomic E-state index is 12.9. The SMILES string of the molecule is CNC(=O)C(CCC=O)c1ccc(N2CCC(CCN3CCN(C4CCN(c5ccc(Nc6ncc(Cl)c(Nc7ccccc7P(C)(C)=O)n6)c(OC)c5)CC4)CC3)CC2)cc1. The highest BCUT2D eigenvalue weighted by Crippen LogP contribution is 2.39. The Bertz CT molecular complexity index is 2170. The van der Waals surface area contributed by atoms with Crippen molar-refractivity contribution in [3.05, 3.63) is 83.5 Å². The van der Waals surface area contributed by atoms with E-state index in [1.807, 2.05) is 30.3 Å². The number of hydrogen-bond donors (Lipinski definition) is 3. The van der Waals surface area contributed by atoms with Crippen molar-refractivity contribution in [2.45, 2.75) is 56.9 Å². The highest BCUT2D eigenvalue weighted by molar-refractivity contribution is 7.70. The minimum absolute atomic E-state index is 0.0398. The van der Waals surface area contributed by atoms with E-state index in [1.54, 1.807) is 33.7 Å². The molecule has 1 unspecified atom stereocenters. The molecule has 4 heterocycles. The zero-order chi connectivity index (χ0) is 43.6. The number of benzene rings is 3. The largest absolute Gasteiger partial charge is 0.494 e. The molecule has 1 aromatic heterocycles. The van der Waals surface area contributed by atoms with Crippen LogP contribution in [0.15, 0.2) is 72.9 Å². The summed E-state index contributed by atoms with van der Waals surface area (Å²) in [5.74, 6) is 1.91. The molecule has 0 aliphatic carbocycles. The van der Waals surface area contributed by atoms with Crippen molar-refractivity contribution >= 4 is 70.8 Å². The molecule has 3 N–H and O–H groups in total. The maximum absolute atomic E-state index is 12.9. The van der Waals surface area contributed by atoms with E-state index < -0.39 is 7.14 Å². The van der Waals surface area contributed by atoms with E-state index in [0.717, 1.165) is 99.6 Å². The predicted octanol–water partition coefficient (Wildman–Crippen LogP) is 7.58. The van der Waals surface area contributed by atoms with Crippen LogP contribution < -0.4 is 35.8 Å². The van der Waals surface area contributed by atoms with Crippen LogP contribution in [0.3, 0.4) is 0 Å². The Hall–Kier alpha value is -4.68. The molecule has 1 atom stereocenters. The number of piperazine rings is 1. The molecule has 0 bridgehead atoms. The number of carbonyl (C=O) groups excluding carboxylic acids is 2. The van der Waals surface area contributed by atoms with Gasteiger partial charge in [0.1, 0.15) is 24.2 Å². The zero-order valence-corrected chi connectivity index (χ0v) is 38.3. The van der Waals surface area contributed by atoms with Crippen LogP contribution in [-0.4, -0.2) is 124 Å². The molecule has 7 rings (SSSR count). The van der Waals surface area contributed by atoms with Crippen LogP contribution in [0, 0.1) is 5.92 Å². The van der Waals surface area contributed by atoms with Crippen LogP contribution in [0.5, 0.6) is 5.75 Å². The highest BCUT2D eigenvalue weighted by Gasteiger charge is 2.29. The van der Waals surface area contributed by atoms with Gasteiger partial charge in [-0.1, -0.05) is 35.9 Å². The number of hydrogen-bond acceptors (Lipinski definition) is 12. The minimum Gasteiger partial charge on any atom is -0.494 e. The van der Waals surface area contributed by atoms with Crippen LogP contribution in [0.1, 0.15) is 56.4 Å². The van der Waals surface area contributed by atoms with E-state index in [-0.39, 0.29) is 11.8 Å². The highest BCUT2D eigenvalue weighted by atomic mass is 35.5. The molecule has 0 saturated carbocycles. The van der Waals surface area contributed by atoms with E-state index >= 15 is 0 Å². The first-order valence-electron chi connectivity index (χ1n) is 22.1. The van der Waals surface area contributed by atoms with Crippen LogP contribution in [0.4, 0.5) is 34.5 Å². The Balaban J connectivity index is 0.833. The molecule has 3 aromatic carbocycles. The molecule has 13 nitrogen and oxygen atoms in total. The van der Waals surface area contributed by atoms with Crippen molar-refractivity contribution in [3.8, 4) is 5.75 Å². The summed E-state index contributed by atoms with van der Waals surface area (Å²) in [7, 11) is 0.788. The molecule has 4 aromatic rings. The third kappa shape index (κ3) is 11.5. The van der Waals surface area contributed by atoms with E-state index in [2.05, 4.69) is 81.9 Å². The van der Waals surface area contributed by atoms with Crippen molar-refractivity contribution in [2.75, 3.05) is 107 Å². The first kappa shape index (κ1) is 45.3. The third-order valence-electron chi connectivity index (χ3n) is 12.9. The average Bonchev–Trinajstić information content (AvgIpc) is 3.30. The molecule has 3 aliphatic rings. The Morgan fingerprint density at radius 3 is 2.24 bits per heavy atom. The van der Waals surface area contributed by atoms with E-state index in [9.17, 15) is 14.2 Å². The zero-order valence-electron chi connectivity index (χ0n) is 36.7. The number of carbonyl (C=O) groups is 2. The number of ether oxygens (including phenoxy) is 1. The second-order valence-electron chi connectivity index (χ2n) is 17.2. The Morgan fingerprint density at radius 1 is 0.887 bits per heavy atom. The average molecular weight is 885 g/mol. The second-order valence-corrected chi connectivity index (χ2v) is 20.8. The van der Waals surface area contributed by atoms with Crippen molar-refractivity contribution < 1.29 is 18.9 Å². The Morgan fingerprint density at radius 2 is 1.56 bits per heavy atom. The lowest BCUT2D eigenvalue weighted by molar-refractivity contribution is -0.122. The topological polar surface area (TPSA) is 135 Å². The van der Waals surface area contributed by atoms with Crippen LogP contribution in [0.2, 0.25) is 5.02 Å². The Labute approximate surface area is 372 Å². The number of halogens is 1. The van der Waals surface area contributed by atoms with Gasteiger partial charge in [-0.25, -0.2) is 4.98 Å². The molecule has 3 aliphatic heterocycles. The molecule has 0 radical (unpaired) electrons. The fraction of sp³-hybridized carbons (Fsp3) is 0.489. The molecule has 332 valence electrons. The van der Waals surface area contributed by atoms with Crippen molar-refractivity contribution in [1.29, 1.82) is 0 Å². The van der Waals surface area contributed by atoms with Crippen molar-refractivity contribution in [2.24, 2.45) is 5.92 Å². The van der Waals surface area contributed by atoms with Gasteiger partial charge in [-0.2, -0.15) is 4.98 Å². The van der Waals surface area contributed by atoms with Crippen LogP contribution in [0.25, 0.3) is 0 Å². The minimum atomic E-state index is -2.54. The standard InChI is InChI=1S/C47H63ClN9O4P/c1-49-46(59)39(8-7-31-58)35-11-13-36(14-12-35)55-23-18-34(19-24-55)17-22-54-27-29-57(30-28-54)37-20-25-56(26-21-37)38-15-16-41(43(32-38)61-2)52-47-50-33-40(48)45(53-47)51-42-9-5-6-10-44(42)62(3,4)60/h5-6,9-16,31-34,37,39H,7-8,17-30H2,1-4H3,(H,49,59)(H2,50,51,52,53). The molecule has 15 heteroatoms. The number of para-hydroxylation sites is 1. The molecular formula is C47H63ClN9O4P. The first-order valence-corrected chi connectivity index (χ1v) is 25.1. The number of likely N-dealkylation sites (N-methyl/N-ethyl adjacent to an activating group) is 1. The Kier molecular flexibility index (Phi) is 15.5. The first-order chi connectivity index (χ1) is 30.0. The van der Waals surface area contributed by atoms with E-state index in [4.69, 9.17) is 16.3 Å². The smallest absolute Gasteiger partial charge is 0.229 e. The fourth-order valence-electron chi connectivity index (χ4n) is 9.25. The van der Waals surface area contributed by atoms with Crippen LogP contribution in [-0.2, 0) is 14.2 Å². The summed E-state index contributed by atoms with van der Waals surface area (Å²) in [5.41, 5.74) is 4.77. The van der Waals surface area contributed by atoms with Crippen LogP contribution >= 0.6 is 18.7 Å². The molecule has 62 heavy (non-hydrogen) atoms. The van der Waals surface area contributed by atoms with Gasteiger partial charge in [-0.3, -0.25) is 9.69 Å². The molecular weight excluding hydrogens is 821 g/mol. The molecule has 3 fully saturated rings. The van der Waals surface area contributed by atoms with Gasteiger partial charge in [0, 0.05) is 94.6 Å². The fourth-order valence-corrected chi connectivity index (χ4v) is 10.5. The predicted molar refractivity (Wildman–Crippen MR) is 253 cm³/mol. The number of piperidine rings is 2. The van der Waals surface area contributed by atoms with Gasteiger partial charge in [-0.15, -0.1) is 0 Å². The third-order valence-corrected chi connectivity index (χ3v) is 14.8. The lowest BCUT2D eigenvalue weighted by Crippen LogP contribution is -2.53. The number of rotatable bonds is 17. The lowest BCUT2D eigenvalue weighted by atomic mass is 9.91. The number of aldehydes is 1. The normalized spacial score (nSPS) is 17.7. The summed E-state index contributed by atoms with van der Waals surface area (Å²) < 4.78 is 18.8. The number of anilines is 6. The number of methoxy groups -OCH3 is 1.